The molecule has 1 aromatic heterocycles. The molecule has 0 radical (unpaired) electrons. The van der Waals surface area contributed by atoms with Gasteiger partial charge in [0.2, 0.25) is 5.91 Å². The van der Waals surface area contributed by atoms with Gasteiger partial charge in [-0.2, -0.15) is 5.10 Å². The number of carbonyl (C=O) groups excluding carboxylic acids is 2. The van der Waals surface area contributed by atoms with E-state index in [0.29, 0.717) is 29.4 Å². The van der Waals surface area contributed by atoms with E-state index in [1.165, 1.54) is 7.05 Å². The maximum absolute atomic E-state index is 12.8. The minimum atomic E-state index is -0.300. The second-order valence-electron chi connectivity index (χ2n) is 6.08. The Balaban J connectivity index is 0.00000243. The molecule has 1 aliphatic rings. The Hall–Kier alpha value is -2.09. The van der Waals surface area contributed by atoms with Crippen molar-refractivity contribution < 1.29 is 9.59 Å². The number of aromatic nitrogens is 2. The van der Waals surface area contributed by atoms with Gasteiger partial charge in [0.1, 0.15) is 0 Å². The molecule has 0 unspecified atom stereocenters. The molecule has 1 aromatic carbocycles. The van der Waals surface area contributed by atoms with Crippen molar-refractivity contribution in [1.29, 1.82) is 0 Å². The summed E-state index contributed by atoms with van der Waals surface area (Å²) in [5.74, 6) is -0.626. The molecule has 9 heteroatoms. The summed E-state index contributed by atoms with van der Waals surface area (Å²) in [5.41, 5.74) is 1.81. The van der Waals surface area contributed by atoms with Crippen LogP contribution in [0, 0.1) is 5.92 Å². The molecule has 0 saturated carbocycles. The summed E-state index contributed by atoms with van der Waals surface area (Å²) in [6, 6.07) is 4.84. The lowest BCUT2D eigenvalue weighted by atomic mass is 9.90. The van der Waals surface area contributed by atoms with Crippen LogP contribution in [0.25, 0.3) is 0 Å². The van der Waals surface area contributed by atoms with Crippen molar-refractivity contribution in [2.75, 3.05) is 25.5 Å². The standard InChI is InChI=1S/C17H20ClN5O2.ClH/c1-19-16(24)12-5-11(18)3-4-15(12)22-17(25)14-8-20-7-13(14)10-6-21-23(2)9-10;/h3-6,9,13-14,20H,7-8H2,1-2H3,(H,19,24)(H,22,25);1H/t13-,14+;/m1./s1. The quantitative estimate of drug-likeness (QED) is 0.733. The van der Waals surface area contributed by atoms with Crippen LogP contribution in [0.15, 0.2) is 30.6 Å². The third-order valence-electron chi connectivity index (χ3n) is 4.42. The lowest BCUT2D eigenvalue weighted by Crippen LogP contribution is -2.29. The Morgan fingerprint density at radius 3 is 2.77 bits per heavy atom. The highest BCUT2D eigenvalue weighted by Gasteiger charge is 2.35. The molecule has 1 aliphatic heterocycles. The zero-order valence-electron chi connectivity index (χ0n) is 14.5. The van der Waals surface area contributed by atoms with Gasteiger partial charge in [0, 0.05) is 44.3 Å². The lowest BCUT2D eigenvalue weighted by Gasteiger charge is -2.18. The molecule has 0 aliphatic carbocycles. The molecule has 7 nitrogen and oxygen atoms in total. The number of hydrogen-bond acceptors (Lipinski definition) is 4. The Morgan fingerprint density at radius 2 is 2.12 bits per heavy atom. The molecule has 1 saturated heterocycles. The van der Waals surface area contributed by atoms with Crippen LogP contribution in [0.3, 0.4) is 0 Å². The number of halogens is 2. The molecule has 1 fully saturated rings. The topological polar surface area (TPSA) is 88.1 Å². The monoisotopic (exact) mass is 397 g/mol. The van der Waals surface area contributed by atoms with E-state index < -0.39 is 0 Å². The van der Waals surface area contributed by atoms with Gasteiger partial charge >= 0.3 is 0 Å². The van der Waals surface area contributed by atoms with Gasteiger partial charge in [-0.05, 0) is 23.8 Å². The van der Waals surface area contributed by atoms with E-state index in [2.05, 4.69) is 21.0 Å². The minimum Gasteiger partial charge on any atom is -0.355 e. The fourth-order valence-electron chi connectivity index (χ4n) is 3.11. The number of benzene rings is 1. The fourth-order valence-corrected chi connectivity index (χ4v) is 3.28. The van der Waals surface area contributed by atoms with Gasteiger partial charge in [0.15, 0.2) is 0 Å². The summed E-state index contributed by atoms with van der Waals surface area (Å²) in [5, 5.41) is 13.3. The van der Waals surface area contributed by atoms with Crippen molar-refractivity contribution in [2.45, 2.75) is 5.92 Å². The van der Waals surface area contributed by atoms with E-state index >= 15 is 0 Å². The van der Waals surface area contributed by atoms with E-state index in [9.17, 15) is 9.59 Å². The summed E-state index contributed by atoms with van der Waals surface area (Å²) in [7, 11) is 3.39. The maximum atomic E-state index is 12.8. The van der Waals surface area contributed by atoms with E-state index in [1.54, 1.807) is 29.1 Å². The van der Waals surface area contributed by atoms with Crippen LogP contribution in [0.5, 0.6) is 0 Å². The van der Waals surface area contributed by atoms with Crippen LogP contribution in [-0.4, -0.2) is 41.7 Å². The molecular formula is C17H21Cl2N5O2. The van der Waals surface area contributed by atoms with E-state index in [4.69, 9.17) is 11.6 Å². The largest absolute Gasteiger partial charge is 0.355 e. The minimum absolute atomic E-state index is 0. The highest BCUT2D eigenvalue weighted by atomic mass is 35.5. The number of hydrogen-bond donors (Lipinski definition) is 3. The number of anilines is 1. The number of carbonyl (C=O) groups is 2. The van der Waals surface area contributed by atoms with E-state index in [-0.39, 0.29) is 36.1 Å². The zero-order chi connectivity index (χ0) is 18.0. The number of aryl methyl sites for hydroxylation is 1. The van der Waals surface area contributed by atoms with Crippen LogP contribution in [0.2, 0.25) is 5.02 Å². The van der Waals surface area contributed by atoms with Gasteiger partial charge < -0.3 is 16.0 Å². The third-order valence-corrected chi connectivity index (χ3v) is 4.65. The smallest absolute Gasteiger partial charge is 0.253 e. The molecule has 3 rings (SSSR count). The molecular weight excluding hydrogens is 377 g/mol. The third kappa shape index (κ3) is 4.17. The van der Waals surface area contributed by atoms with Gasteiger partial charge in [-0.15, -0.1) is 12.4 Å². The van der Waals surface area contributed by atoms with E-state index in [1.807, 2.05) is 13.2 Å². The van der Waals surface area contributed by atoms with Crippen LogP contribution in [0.4, 0.5) is 5.69 Å². The van der Waals surface area contributed by atoms with Crippen molar-refractivity contribution >= 4 is 41.5 Å². The van der Waals surface area contributed by atoms with Crippen molar-refractivity contribution in [2.24, 2.45) is 13.0 Å². The van der Waals surface area contributed by atoms with Gasteiger partial charge in [-0.1, -0.05) is 11.6 Å². The Bertz CT molecular complexity index is 808. The molecule has 2 amide bonds. The normalized spacial score (nSPS) is 18.9. The number of rotatable bonds is 4. The summed E-state index contributed by atoms with van der Waals surface area (Å²) in [6.45, 7) is 1.29. The first-order chi connectivity index (χ1) is 12.0. The highest BCUT2D eigenvalue weighted by molar-refractivity contribution is 6.31. The molecule has 140 valence electrons. The Labute approximate surface area is 162 Å². The molecule has 0 bridgehead atoms. The van der Waals surface area contributed by atoms with Crippen molar-refractivity contribution in [3.05, 3.63) is 46.7 Å². The van der Waals surface area contributed by atoms with Crippen molar-refractivity contribution in [3.63, 3.8) is 0 Å². The molecule has 2 aromatic rings. The fraction of sp³-hybridized carbons (Fsp3) is 0.353. The maximum Gasteiger partial charge on any atom is 0.253 e. The summed E-state index contributed by atoms with van der Waals surface area (Å²) in [4.78, 5) is 24.8. The van der Waals surface area contributed by atoms with Crippen molar-refractivity contribution in [1.82, 2.24) is 20.4 Å². The second kappa shape index (κ2) is 8.53. The van der Waals surface area contributed by atoms with Crippen LogP contribution < -0.4 is 16.0 Å². The summed E-state index contributed by atoms with van der Waals surface area (Å²) < 4.78 is 1.73. The van der Waals surface area contributed by atoms with Gasteiger partial charge in [-0.25, -0.2) is 0 Å². The highest BCUT2D eigenvalue weighted by Crippen LogP contribution is 2.29. The first-order valence-corrected chi connectivity index (χ1v) is 8.39. The molecule has 3 N–H and O–H groups in total. The van der Waals surface area contributed by atoms with Gasteiger partial charge in [-0.3, -0.25) is 14.3 Å². The molecule has 0 spiro atoms. The van der Waals surface area contributed by atoms with Crippen LogP contribution in [-0.2, 0) is 11.8 Å². The molecule has 2 heterocycles. The predicted octanol–water partition coefficient (Wildman–Crippen LogP) is 1.80. The molecule has 26 heavy (non-hydrogen) atoms. The second-order valence-corrected chi connectivity index (χ2v) is 6.51. The first-order valence-electron chi connectivity index (χ1n) is 8.01. The number of nitrogens with one attached hydrogen (secondary N) is 3. The summed E-state index contributed by atoms with van der Waals surface area (Å²) >= 11 is 5.98. The lowest BCUT2D eigenvalue weighted by molar-refractivity contribution is -0.119. The van der Waals surface area contributed by atoms with Crippen LogP contribution >= 0.6 is 24.0 Å². The van der Waals surface area contributed by atoms with Gasteiger partial charge in [0.25, 0.3) is 5.91 Å². The Kier molecular flexibility index (Phi) is 6.63. The number of nitrogens with zero attached hydrogens (tertiary/aromatic N) is 2. The van der Waals surface area contributed by atoms with Crippen LogP contribution in [0.1, 0.15) is 21.8 Å². The van der Waals surface area contributed by atoms with Crippen molar-refractivity contribution in [3.8, 4) is 0 Å². The van der Waals surface area contributed by atoms with E-state index in [0.717, 1.165) is 5.56 Å². The molecule has 2 atom stereocenters. The number of amides is 2. The first kappa shape index (κ1) is 20.2. The Morgan fingerprint density at radius 1 is 1.35 bits per heavy atom. The summed E-state index contributed by atoms with van der Waals surface area (Å²) in [6.07, 6.45) is 3.71. The average Bonchev–Trinajstić information content (AvgIpc) is 3.24. The average molecular weight is 398 g/mol. The SMILES string of the molecule is CNC(=O)c1cc(Cl)ccc1NC(=O)[C@H]1CNC[C@@H]1c1cnn(C)c1.Cl. The predicted molar refractivity (Wildman–Crippen MR) is 103 cm³/mol. The van der Waals surface area contributed by atoms with Gasteiger partial charge in [0.05, 0.1) is 23.4 Å². The zero-order valence-corrected chi connectivity index (χ0v) is 16.0.